The topological polar surface area (TPSA) is 29.1 Å². The molecular formula is C15H22ClNOS. The van der Waals surface area contributed by atoms with Crippen molar-refractivity contribution in [2.24, 2.45) is 0 Å². The van der Waals surface area contributed by atoms with Crippen LogP contribution >= 0.6 is 23.4 Å². The van der Waals surface area contributed by atoms with E-state index in [1.54, 1.807) is 11.8 Å². The number of nitrogens with one attached hydrogen (secondary N) is 1. The summed E-state index contributed by atoms with van der Waals surface area (Å²) >= 11 is 7.85. The second kappa shape index (κ2) is 6.67. The van der Waals surface area contributed by atoms with Crippen LogP contribution in [0.25, 0.3) is 0 Å². The fourth-order valence-electron chi connectivity index (χ4n) is 1.67. The van der Waals surface area contributed by atoms with E-state index in [9.17, 15) is 4.79 Å². The van der Waals surface area contributed by atoms with Crippen LogP contribution < -0.4 is 5.32 Å². The highest BCUT2D eigenvalue weighted by atomic mass is 35.5. The van der Waals surface area contributed by atoms with E-state index in [2.05, 4.69) is 18.3 Å². The van der Waals surface area contributed by atoms with E-state index < -0.39 is 0 Å². The first kappa shape index (κ1) is 16.4. The van der Waals surface area contributed by atoms with Crippen molar-refractivity contribution in [1.82, 2.24) is 5.32 Å². The van der Waals surface area contributed by atoms with Gasteiger partial charge in [0.2, 0.25) is 5.91 Å². The third kappa shape index (κ3) is 5.07. The van der Waals surface area contributed by atoms with E-state index >= 15 is 0 Å². The number of hydrogen-bond donors (Lipinski definition) is 1. The molecule has 2 nitrogen and oxygen atoms in total. The summed E-state index contributed by atoms with van der Waals surface area (Å²) in [5.41, 5.74) is 2.06. The van der Waals surface area contributed by atoms with Crippen LogP contribution in [0.4, 0.5) is 0 Å². The molecule has 0 aliphatic rings. The lowest BCUT2D eigenvalue weighted by Gasteiger charge is -2.26. The quantitative estimate of drug-likeness (QED) is 0.819. The molecule has 1 rings (SSSR count). The number of thioether (sulfide) groups is 1. The van der Waals surface area contributed by atoms with Gasteiger partial charge in [-0.15, -0.1) is 11.8 Å². The predicted octanol–water partition coefficient (Wildman–Crippen LogP) is 4.35. The molecule has 0 unspecified atom stereocenters. The molecule has 106 valence electrons. The molecule has 0 heterocycles. The first-order valence-corrected chi connectivity index (χ1v) is 7.82. The maximum Gasteiger partial charge on any atom is 0.220 e. The van der Waals surface area contributed by atoms with Gasteiger partial charge < -0.3 is 5.32 Å². The van der Waals surface area contributed by atoms with Crippen molar-refractivity contribution in [2.75, 3.05) is 5.75 Å². The molecule has 0 aromatic heterocycles. The van der Waals surface area contributed by atoms with E-state index in [0.29, 0.717) is 6.42 Å². The van der Waals surface area contributed by atoms with Gasteiger partial charge in [-0.05, 0) is 51.0 Å². The molecule has 0 aliphatic carbocycles. The van der Waals surface area contributed by atoms with Gasteiger partial charge in [0.05, 0.1) is 0 Å². The van der Waals surface area contributed by atoms with E-state index in [1.807, 2.05) is 33.8 Å². The molecule has 0 spiro atoms. The number of halogens is 1. The van der Waals surface area contributed by atoms with Gasteiger partial charge in [0.25, 0.3) is 0 Å². The molecule has 1 aromatic rings. The summed E-state index contributed by atoms with van der Waals surface area (Å²) in [6.07, 6.45) is 0.521. The van der Waals surface area contributed by atoms with Crippen LogP contribution in [0.3, 0.4) is 0 Å². The number of aryl methyl sites for hydroxylation is 2. The second-order valence-corrected chi connectivity index (χ2v) is 6.87. The van der Waals surface area contributed by atoms with Crippen molar-refractivity contribution in [1.29, 1.82) is 0 Å². The summed E-state index contributed by atoms with van der Waals surface area (Å²) in [4.78, 5) is 12.7. The Labute approximate surface area is 125 Å². The van der Waals surface area contributed by atoms with Gasteiger partial charge >= 0.3 is 0 Å². The first-order valence-electron chi connectivity index (χ1n) is 6.45. The van der Waals surface area contributed by atoms with E-state index in [0.717, 1.165) is 16.3 Å². The smallest absolute Gasteiger partial charge is 0.220 e. The maximum absolute atomic E-state index is 11.5. The minimum atomic E-state index is -0.211. The van der Waals surface area contributed by atoms with Crippen molar-refractivity contribution >= 4 is 29.3 Å². The van der Waals surface area contributed by atoms with E-state index in [1.165, 1.54) is 10.5 Å². The van der Waals surface area contributed by atoms with Crippen LogP contribution in [-0.4, -0.2) is 17.2 Å². The Bertz CT molecular complexity index is 471. The molecule has 0 radical (unpaired) electrons. The summed E-state index contributed by atoms with van der Waals surface area (Å²) in [6, 6.07) is 4.11. The fraction of sp³-hybridized carbons (Fsp3) is 0.533. The standard InChI is InChI=1S/C15H22ClNOS/c1-6-14(18)17-15(4,5)9-19-13-8-10(2)12(16)7-11(13)3/h7-8H,6,9H2,1-5H3,(H,17,18). The summed E-state index contributed by atoms with van der Waals surface area (Å²) in [5.74, 6) is 0.926. The van der Waals surface area contributed by atoms with Crippen molar-refractivity contribution < 1.29 is 4.79 Å². The Morgan fingerprint density at radius 1 is 1.32 bits per heavy atom. The average Bonchev–Trinajstić information content (AvgIpc) is 2.31. The highest BCUT2D eigenvalue weighted by Crippen LogP contribution is 2.30. The number of benzene rings is 1. The normalized spacial score (nSPS) is 11.5. The molecule has 1 N–H and O–H groups in total. The van der Waals surface area contributed by atoms with E-state index in [4.69, 9.17) is 11.6 Å². The van der Waals surface area contributed by atoms with Crippen LogP contribution in [0, 0.1) is 13.8 Å². The van der Waals surface area contributed by atoms with Crippen LogP contribution in [-0.2, 0) is 4.79 Å². The van der Waals surface area contributed by atoms with Crippen molar-refractivity contribution in [3.05, 3.63) is 28.3 Å². The summed E-state index contributed by atoms with van der Waals surface area (Å²) in [5, 5.41) is 3.84. The molecule has 0 aliphatic heterocycles. The molecule has 0 bridgehead atoms. The van der Waals surface area contributed by atoms with Crippen LogP contribution in [0.2, 0.25) is 5.02 Å². The monoisotopic (exact) mass is 299 g/mol. The van der Waals surface area contributed by atoms with Crippen molar-refractivity contribution in [3.8, 4) is 0 Å². The maximum atomic E-state index is 11.5. The van der Waals surface area contributed by atoms with E-state index in [-0.39, 0.29) is 11.4 Å². The van der Waals surface area contributed by atoms with Gasteiger partial charge in [0.15, 0.2) is 0 Å². The number of carbonyl (C=O) groups excluding carboxylic acids is 1. The van der Waals surface area contributed by atoms with Gasteiger partial charge in [-0.25, -0.2) is 0 Å². The van der Waals surface area contributed by atoms with Gasteiger partial charge in [-0.3, -0.25) is 4.79 Å². The number of hydrogen-bond acceptors (Lipinski definition) is 2. The Morgan fingerprint density at radius 3 is 2.53 bits per heavy atom. The van der Waals surface area contributed by atoms with Crippen LogP contribution in [0.5, 0.6) is 0 Å². The minimum absolute atomic E-state index is 0.0922. The Morgan fingerprint density at radius 2 is 1.95 bits per heavy atom. The Hall–Kier alpha value is -0.670. The Kier molecular flexibility index (Phi) is 5.75. The lowest BCUT2D eigenvalue weighted by atomic mass is 10.1. The zero-order chi connectivity index (χ0) is 14.6. The molecule has 0 fully saturated rings. The summed E-state index contributed by atoms with van der Waals surface area (Å²) in [6.45, 7) is 10.0. The first-order chi connectivity index (χ1) is 8.75. The number of carbonyl (C=O) groups is 1. The molecule has 0 saturated carbocycles. The Balaban J connectivity index is 2.71. The fourth-order valence-corrected chi connectivity index (χ4v) is 3.02. The number of amides is 1. The zero-order valence-corrected chi connectivity index (χ0v) is 13.8. The predicted molar refractivity (Wildman–Crippen MR) is 84.2 cm³/mol. The largest absolute Gasteiger partial charge is 0.350 e. The summed E-state index contributed by atoms with van der Waals surface area (Å²) < 4.78 is 0. The summed E-state index contributed by atoms with van der Waals surface area (Å²) in [7, 11) is 0. The van der Waals surface area contributed by atoms with Gasteiger partial charge in [0, 0.05) is 27.6 Å². The lowest BCUT2D eigenvalue weighted by molar-refractivity contribution is -0.122. The highest BCUT2D eigenvalue weighted by Gasteiger charge is 2.20. The third-order valence-corrected chi connectivity index (χ3v) is 4.87. The lowest BCUT2D eigenvalue weighted by Crippen LogP contribution is -2.45. The van der Waals surface area contributed by atoms with Crippen LogP contribution in [0.15, 0.2) is 17.0 Å². The SMILES string of the molecule is CCC(=O)NC(C)(C)CSc1cc(C)c(Cl)cc1C. The molecular weight excluding hydrogens is 278 g/mol. The zero-order valence-electron chi connectivity index (χ0n) is 12.3. The highest BCUT2D eigenvalue weighted by molar-refractivity contribution is 7.99. The van der Waals surface area contributed by atoms with Crippen molar-refractivity contribution in [2.45, 2.75) is 51.5 Å². The molecule has 19 heavy (non-hydrogen) atoms. The van der Waals surface area contributed by atoms with Crippen molar-refractivity contribution in [3.63, 3.8) is 0 Å². The molecule has 1 amide bonds. The second-order valence-electron chi connectivity index (χ2n) is 5.44. The van der Waals surface area contributed by atoms with Gasteiger partial charge in [-0.1, -0.05) is 18.5 Å². The average molecular weight is 300 g/mol. The molecule has 0 atom stereocenters. The third-order valence-electron chi connectivity index (χ3n) is 2.84. The molecule has 0 saturated heterocycles. The van der Waals surface area contributed by atoms with Gasteiger partial charge in [-0.2, -0.15) is 0 Å². The van der Waals surface area contributed by atoms with Gasteiger partial charge in [0.1, 0.15) is 0 Å². The molecule has 1 aromatic carbocycles. The minimum Gasteiger partial charge on any atom is -0.350 e. The molecule has 4 heteroatoms. The van der Waals surface area contributed by atoms with Crippen LogP contribution in [0.1, 0.15) is 38.3 Å². The number of rotatable bonds is 5.